The molecular formula is C18H25NO2. The maximum absolute atomic E-state index is 12.2. The quantitative estimate of drug-likeness (QED) is 0.798. The van der Waals surface area contributed by atoms with Crippen molar-refractivity contribution in [3.63, 3.8) is 0 Å². The summed E-state index contributed by atoms with van der Waals surface area (Å²) in [5.41, 5.74) is 1.69. The Balaban J connectivity index is 1.59. The molecule has 3 rings (SSSR count). The molecular weight excluding hydrogens is 262 g/mol. The molecule has 2 heterocycles. The summed E-state index contributed by atoms with van der Waals surface area (Å²) in [7, 11) is 0. The lowest BCUT2D eigenvalue weighted by Crippen LogP contribution is -2.49. The first-order chi connectivity index (χ1) is 10.3. The van der Waals surface area contributed by atoms with Crippen LogP contribution in [0.15, 0.2) is 24.3 Å². The van der Waals surface area contributed by atoms with Gasteiger partial charge in [-0.1, -0.05) is 24.6 Å². The number of rotatable bonds is 3. The Morgan fingerprint density at radius 1 is 1.19 bits per heavy atom. The highest BCUT2D eigenvalue weighted by molar-refractivity contribution is 5.90. The third kappa shape index (κ3) is 3.29. The zero-order valence-electron chi connectivity index (χ0n) is 12.9. The Kier molecular flexibility index (Phi) is 4.59. The third-order valence-electron chi connectivity index (χ3n) is 5.02. The van der Waals surface area contributed by atoms with Gasteiger partial charge in [-0.15, -0.1) is 0 Å². The Hall–Kier alpha value is -1.35. The van der Waals surface area contributed by atoms with E-state index in [0.29, 0.717) is 24.1 Å². The van der Waals surface area contributed by atoms with Gasteiger partial charge >= 0.3 is 5.97 Å². The molecule has 0 aromatic heterocycles. The van der Waals surface area contributed by atoms with Crippen LogP contribution in [0.4, 0.5) is 0 Å². The third-order valence-corrected chi connectivity index (χ3v) is 5.02. The molecule has 2 unspecified atom stereocenters. The second-order valence-corrected chi connectivity index (χ2v) is 6.41. The van der Waals surface area contributed by atoms with Crippen molar-refractivity contribution in [3.8, 4) is 0 Å². The molecule has 2 fully saturated rings. The number of fused-ring (bicyclic) bond motifs is 1. The standard InChI is InChI=1S/C18H25NO2/c1-14-7-2-3-9-16(14)18(20)21-13-15-8-6-12-19-11-5-4-10-17(15)19/h2-3,7,9,15,17H,4-6,8,10-13H2,1H3. The maximum Gasteiger partial charge on any atom is 0.338 e. The van der Waals surface area contributed by atoms with Crippen LogP contribution in [-0.2, 0) is 4.74 Å². The molecule has 1 aromatic carbocycles. The van der Waals surface area contributed by atoms with Gasteiger partial charge in [0.15, 0.2) is 0 Å². The lowest BCUT2D eigenvalue weighted by Gasteiger charge is -2.44. The van der Waals surface area contributed by atoms with Crippen LogP contribution in [0.5, 0.6) is 0 Å². The largest absolute Gasteiger partial charge is 0.462 e. The molecule has 0 spiro atoms. The number of piperidine rings is 2. The lowest BCUT2D eigenvalue weighted by atomic mass is 9.84. The van der Waals surface area contributed by atoms with Gasteiger partial charge in [-0.2, -0.15) is 0 Å². The zero-order valence-corrected chi connectivity index (χ0v) is 12.9. The average molecular weight is 287 g/mol. The van der Waals surface area contributed by atoms with Crippen molar-refractivity contribution < 1.29 is 9.53 Å². The molecule has 3 heteroatoms. The van der Waals surface area contributed by atoms with Crippen molar-refractivity contribution in [2.45, 2.75) is 45.1 Å². The van der Waals surface area contributed by atoms with E-state index in [1.807, 2.05) is 31.2 Å². The smallest absolute Gasteiger partial charge is 0.338 e. The molecule has 114 valence electrons. The number of hydrogen-bond donors (Lipinski definition) is 0. The summed E-state index contributed by atoms with van der Waals surface area (Å²) in [5, 5.41) is 0. The van der Waals surface area contributed by atoms with Crippen molar-refractivity contribution in [1.29, 1.82) is 0 Å². The Morgan fingerprint density at radius 2 is 2.00 bits per heavy atom. The Labute approximate surface area is 127 Å². The number of carbonyl (C=O) groups is 1. The second-order valence-electron chi connectivity index (χ2n) is 6.41. The first kappa shape index (κ1) is 14.6. The average Bonchev–Trinajstić information content (AvgIpc) is 2.53. The van der Waals surface area contributed by atoms with Crippen LogP contribution in [-0.4, -0.2) is 36.6 Å². The highest BCUT2D eigenvalue weighted by Crippen LogP contribution is 2.31. The van der Waals surface area contributed by atoms with Gasteiger partial charge in [-0.3, -0.25) is 4.90 Å². The van der Waals surface area contributed by atoms with Gasteiger partial charge in [0.05, 0.1) is 12.2 Å². The van der Waals surface area contributed by atoms with Gasteiger partial charge in [0.1, 0.15) is 0 Å². The minimum atomic E-state index is -0.166. The van der Waals surface area contributed by atoms with Crippen molar-refractivity contribution in [2.75, 3.05) is 19.7 Å². The van der Waals surface area contributed by atoms with Crippen LogP contribution in [0.1, 0.15) is 48.0 Å². The highest BCUT2D eigenvalue weighted by Gasteiger charge is 2.33. The molecule has 0 bridgehead atoms. The number of nitrogens with zero attached hydrogens (tertiary/aromatic N) is 1. The maximum atomic E-state index is 12.2. The summed E-state index contributed by atoms with van der Waals surface area (Å²) in [6.45, 7) is 4.99. The van der Waals surface area contributed by atoms with Crippen molar-refractivity contribution in [2.24, 2.45) is 5.92 Å². The monoisotopic (exact) mass is 287 g/mol. The molecule has 0 N–H and O–H groups in total. The van der Waals surface area contributed by atoms with E-state index in [9.17, 15) is 4.79 Å². The van der Waals surface area contributed by atoms with Crippen LogP contribution in [0.3, 0.4) is 0 Å². The molecule has 21 heavy (non-hydrogen) atoms. The number of ether oxygens (including phenoxy) is 1. The highest BCUT2D eigenvalue weighted by atomic mass is 16.5. The predicted molar refractivity (Wildman–Crippen MR) is 83.4 cm³/mol. The molecule has 2 saturated heterocycles. The number of aryl methyl sites for hydroxylation is 1. The first-order valence-corrected chi connectivity index (χ1v) is 8.22. The molecule has 2 atom stereocenters. The Morgan fingerprint density at radius 3 is 2.86 bits per heavy atom. The van der Waals surface area contributed by atoms with E-state index in [1.165, 1.54) is 45.2 Å². The van der Waals surface area contributed by atoms with Gasteiger partial charge in [0.25, 0.3) is 0 Å². The van der Waals surface area contributed by atoms with Crippen LogP contribution >= 0.6 is 0 Å². The summed E-state index contributed by atoms with van der Waals surface area (Å²) in [4.78, 5) is 14.8. The minimum absolute atomic E-state index is 0.166. The summed E-state index contributed by atoms with van der Waals surface area (Å²) in [6.07, 6.45) is 6.35. The van der Waals surface area contributed by atoms with Crippen LogP contribution in [0.2, 0.25) is 0 Å². The molecule has 0 aliphatic carbocycles. The normalized spacial score (nSPS) is 26.1. The summed E-state index contributed by atoms with van der Waals surface area (Å²) in [5.74, 6) is 0.355. The molecule has 1 aromatic rings. The van der Waals surface area contributed by atoms with Gasteiger partial charge in [0.2, 0.25) is 0 Å². The van der Waals surface area contributed by atoms with Gasteiger partial charge in [0, 0.05) is 12.0 Å². The van der Waals surface area contributed by atoms with E-state index < -0.39 is 0 Å². The minimum Gasteiger partial charge on any atom is -0.462 e. The van der Waals surface area contributed by atoms with E-state index in [0.717, 1.165) is 5.56 Å². The Bertz CT molecular complexity index is 498. The first-order valence-electron chi connectivity index (χ1n) is 8.22. The lowest BCUT2D eigenvalue weighted by molar-refractivity contribution is 0.00734. The summed E-state index contributed by atoms with van der Waals surface area (Å²) >= 11 is 0. The number of esters is 1. The molecule has 0 radical (unpaired) electrons. The van der Waals surface area contributed by atoms with Gasteiger partial charge < -0.3 is 4.74 Å². The van der Waals surface area contributed by atoms with Crippen LogP contribution in [0, 0.1) is 12.8 Å². The van der Waals surface area contributed by atoms with E-state index in [2.05, 4.69) is 4.90 Å². The van der Waals surface area contributed by atoms with E-state index in [-0.39, 0.29) is 5.97 Å². The van der Waals surface area contributed by atoms with Gasteiger partial charge in [-0.05, 0) is 57.3 Å². The van der Waals surface area contributed by atoms with Crippen LogP contribution < -0.4 is 0 Å². The number of benzene rings is 1. The van der Waals surface area contributed by atoms with E-state index >= 15 is 0 Å². The predicted octanol–water partition coefficient (Wildman–Crippen LogP) is 3.42. The van der Waals surface area contributed by atoms with E-state index in [4.69, 9.17) is 4.74 Å². The van der Waals surface area contributed by atoms with Crippen LogP contribution in [0.25, 0.3) is 0 Å². The molecule has 0 amide bonds. The second kappa shape index (κ2) is 6.61. The molecule has 0 saturated carbocycles. The fraction of sp³-hybridized carbons (Fsp3) is 0.611. The number of hydrogen-bond acceptors (Lipinski definition) is 3. The van der Waals surface area contributed by atoms with Crippen molar-refractivity contribution in [1.82, 2.24) is 4.90 Å². The molecule has 2 aliphatic heterocycles. The van der Waals surface area contributed by atoms with Gasteiger partial charge in [-0.25, -0.2) is 4.79 Å². The topological polar surface area (TPSA) is 29.5 Å². The van der Waals surface area contributed by atoms with Crippen molar-refractivity contribution >= 4 is 5.97 Å². The number of carbonyl (C=O) groups excluding carboxylic acids is 1. The van der Waals surface area contributed by atoms with Crippen molar-refractivity contribution in [3.05, 3.63) is 35.4 Å². The SMILES string of the molecule is Cc1ccccc1C(=O)OCC1CCCN2CCCCC12. The fourth-order valence-corrected chi connectivity index (χ4v) is 3.83. The van der Waals surface area contributed by atoms with E-state index in [1.54, 1.807) is 0 Å². The summed E-state index contributed by atoms with van der Waals surface area (Å²) < 4.78 is 5.63. The summed E-state index contributed by atoms with van der Waals surface area (Å²) in [6, 6.07) is 8.29. The molecule has 2 aliphatic rings. The zero-order chi connectivity index (χ0) is 14.7. The fourth-order valence-electron chi connectivity index (χ4n) is 3.83. The molecule has 3 nitrogen and oxygen atoms in total.